The van der Waals surface area contributed by atoms with Crippen LogP contribution >= 0.6 is 23.2 Å². The van der Waals surface area contributed by atoms with Gasteiger partial charge in [-0.1, -0.05) is 70.7 Å². The van der Waals surface area contributed by atoms with E-state index in [1.807, 2.05) is 50.2 Å². The van der Waals surface area contributed by atoms with Crippen LogP contribution < -0.4 is 0 Å². The average molecular weight is 661 g/mol. The second-order valence-electron chi connectivity index (χ2n) is 9.00. The van der Waals surface area contributed by atoms with Crippen molar-refractivity contribution >= 4 is 46.3 Å². The van der Waals surface area contributed by atoms with Gasteiger partial charge in [-0.3, -0.25) is 9.59 Å². The predicted molar refractivity (Wildman–Crippen MR) is 177 cm³/mol. The quantitative estimate of drug-likeness (QED) is 0.0702. The standard InChI is InChI=1S/2C10H9O2.2C7H7ClO.Ti/c2*1-8(11)7-10(12)9-5-3-2-4-6-9;2*1-5-4-6(9)2-3-7(5)8;/h2*2-7H,1H3;2*2-4,9H,1H3;/q2*-1;;;/p+6. The molecule has 0 fully saturated rings. The number of rotatable bonds is 6. The number of ketones is 4. The molecule has 6 nitrogen and oxygen atoms in total. The molecule has 0 bridgehead atoms. The Labute approximate surface area is 277 Å². The third-order valence-electron chi connectivity index (χ3n) is 5.15. The molecule has 0 aliphatic carbocycles. The van der Waals surface area contributed by atoms with Crippen LogP contribution in [-0.4, -0.2) is 52.5 Å². The topological polar surface area (TPSA) is 131 Å². The largest absolute Gasteiger partial charge is 0.593 e. The van der Waals surface area contributed by atoms with Crippen molar-refractivity contribution in [3.63, 3.8) is 0 Å². The molecule has 0 amide bonds. The van der Waals surface area contributed by atoms with E-state index in [9.17, 15) is 9.59 Å². The molecule has 224 valence electrons. The third kappa shape index (κ3) is 17.0. The van der Waals surface area contributed by atoms with Crippen LogP contribution in [0.3, 0.4) is 0 Å². The van der Waals surface area contributed by atoms with Crippen molar-refractivity contribution in [3.05, 3.63) is 142 Å². The number of hydrogen-bond acceptors (Lipinski definition) is 0. The van der Waals surface area contributed by atoms with E-state index in [1.165, 1.54) is 26.7 Å². The first-order valence-electron chi connectivity index (χ1n) is 12.7. The van der Waals surface area contributed by atoms with Crippen LogP contribution in [0.1, 0.15) is 36.1 Å². The smallest absolute Gasteiger partial charge is 0.254 e. The van der Waals surface area contributed by atoms with E-state index in [1.54, 1.807) is 60.7 Å². The minimum Gasteiger partial charge on any atom is -0.593 e. The average Bonchev–Trinajstić information content (AvgIpc) is 2.94. The Morgan fingerprint density at radius 1 is 0.558 bits per heavy atom. The van der Waals surface area contributed by atoms with Gasteiger partial charge in [-0.25, -0.2) is 0 Å². The van der Waals surface area contributed by atoms with Crippen LogP contribution in [-0.2, 0) is 21.7 Å². The van der Waals surface area contributed by atoms with Crippen molar-refractivity contribution in [1.29, 1.82) is 0 Å². The zero-order chi connectivity index (χ0) is 31.7. The maximum Gasteiger partial charge on any atom is 0.254 e. The monoisotopic (exact) mass is 660 g/mol. The molecule has 0 aliphatic rings. The van der Waals surface area contributed by atoms with E-state index in [0.29, 0.717) is 22.6 Å². The van der Waals surface area contributed by atoms with Gasteiger partial charge in [0, 0.05) is 69.9 Å². The molecular formula is C34H38Cl2O6Ti+4. The molecule has 8 N–H and O–H groups in total. The van der Waals surface area contributed by atoms with Crippen molar-refractivity contribution in [2.45, 2.75) is 27.7 Å². The fourth-order valence-electron chi connectivity index (χ4n) is 3.07. The molecule has 0 aliphatic heterocycles. The van der Waals surface area contributed by atoms with Gasteiger partial charge in [0.2, 0.25) is 23.1 Å². The summed E-state index contributed by atoms with van der Waals surface area (Å²) in [6.45, 7) is 6.80. The van der Waals surface area contributed by atoms with Gasteiger partial charge in [0.05, 0.1) is 0 Å². The Kier molecular flexibility index (Phi) is 19.1. The number of aryl methyl sites for hydroxylation is 2. The SMILES string of the molecule is CC(=[OH+])[CH-]C(=[OH+])c1ccccc1.CC(=[OH+])[CH-]C(=[OH+])c1ccccc1.Cc1cc([OH2+])ccc1Cl.Cc1cc([OH2+])ccc1Cl.[Ti]. The summed E-state index contributed by atoms with van der Waals surface area (Å²) in [5.41, 5.74) is 3.32. The van der Waals surface area contributed by atoms with E-state index in [2.05, 4.69) is 0 Å². The van der Waals surface area contributed by atoms with Gasteiger partial charge in [-0.2, -0.15) is 0 Å². The number of halogens is 2. The van der Waals surface area contributed by atoms with Gasteiger partial charge in [0.25, 0.3) is 11.5 Å². The summed E-state index contributed by atoms with van der Waals surface area (Å²) in [5.74, 6) is 1.37. The molecule has 0 heterocycles. The van der Waals surface area contributed by atoms with E-state index >= 15 is 0 Å². The maximum atomic E-state index is 9.37. The van der Waals surface area contributed by atoms with Crippen LogP contribution in [0.15, 0.2) is 97.1 Å². The molecule has 0 unspecified atom stereocenters. The van der Waals surface area contributed by atoms with Crippen LogP contribution in [0.5, 0.6) is 11.5 Å². The third-order valence-corrected chi connectivity index (χ3v) is 5.99. The zero-order valence-corrected chi connectivity index (χ0v) is 27.5. The minimum atomic E-state index is 0. The summed E-state index contributed by atoms with van der Waals surface area (Å²) in [6.07, 6.45) is 2.63. The second kappa shape index (κ2) is 21.0. The van der Waals surface area contributed by atoms with Gasteiger partial charge in [0.1, 0.15) is 0 Å². The Hall–Kier alpha value is -3.81. The molecule has 0 atom stereocenters. The minimum absolute atomic E-state index is 0. The molecule has 9 heteroatoms. The van der Waals surface area contributed by atoms with Gasteiger partial charge in [0.15, 0.2) is 0 Å². The van der Waals surface area contributed by atoms with E-state index < -0.39 is 0 Å². The molecule has 4 rings (SSSR count). The Bertz CT molecular complexity index is 1360. The van der Waals surface area contributed by atoms with Crippen molar-refractivity contribution in [2.24, 2.45) is 0 Å². The fraction of sp³-hybridized carbons (Fsp3) is 0.118. The predicted octanol–water partition coefficient (Wildman–Crippen LogP) is 6.87. The van der Waals surface area contributed by atoms with Crippen LogP contribution in [0.25, 0.3) is 0 Å². The molecule has 0 spiro atoms. The number of carbonyl (C=O) groups excluding carboxylic acids is 4. The molecule has 4 aromatic rings. The fourth-order valence-corrected chi connectivity index (χ4v) is 3.30. The van der Waals surface area contributed by atoms with Crippen molar-refractivity contribution in [1.82, 2.24) is 0 Å². The van der Waals surface area contributed by atoms with Crippen molar-refractivity contribution < 1.29 is 51.1 Å². The van der Waals surface area contributed by atoms with Gasteiger partial charge in [-0.05, 0) is 49.9 Å². The van der Waals surface area contributed by atoms with Gasteiger partial charge < -0.3 is 19.8 Å². The second-order valence-corrected chi connectivity index (χ2v) is 9.82. The Balaban J connectivity index is 0.000000548. The molecule has 4 aromatic carbocycles. The molecular weight excluding hydrogens is 623 g/mol. The van der Waals surface area contributed by atoms with Crippen molar-refractivity contribution in [3.8, 4) is 11.5 Å². The first kappa shape index (κ1) is 39.2. The van der Waals surface area contributed by atoms with E-state index in [4.69, 9.17) is 43.0 Å². The van der Waals surface area contributed by atoms with Gasteiger partial charge in [-0.15, -0.1) is 24.3 Å². The summed E-state index contributed by atoms with van der Waals surface area (Å²) >= 11 is 11.4. The summed E-state index contributed by atoms with van der Waals surface area (Å²) in [4.78, 5) is 36.5. The van der Waals surface area contributed by atoms with Crippen molar-refractivity contribution in [2.75, 3.05) is 0 Å². The number of hydrogen-bond donors (Lipinski definition) is 0. The molecule has 0 saturated carbocycles. The Morgan fingerprint density at radius 3 is 1.09 bits per heavy atom. The summed E-state index contributed by atoms with van der Waals surface area (Å²) in [7, 11) is 0. The summed E-state index contributed by atoms with van der Waals surface area (Å²) in [6, 6.07) is 28.4. The summed E-state index contributed by atoms with van der Waals surface area (Å²) in [5, 5.41) is 15.8. The van der Waals surface area contributed by atoms with Crippen LogP contribution in [0.2, 0.25) is 10.0 Å². The Morgan fingerprint density at radius 2 is 0.860 bits per heavy atom. The first-order valence-corrected chi connectivity index (χ1v) is 13.5. The van der Waals surface area contributed by atoms with Crippen LogP contribution in [0.4, 0.5) is 0 Å². The molecule has 0 radical (unpaired) electrons. The zero-order valence-electron chi connectivity index (χ0n) is 24.4. The number of benzene rings is 4. The van der Waals surface area contributed by atoms with E-state index in [-0.39, 0.29) is 44.9 Å². The van der Waals surface area contributed by atoms with Gasteiger partial charge >= 0.3 is 0 Å². The van der Waals surface area contributed by atoms with E-state index in [0.717, 1.165) is 21.2 Å². The maximum absolute atomic E-state index is 9.37. The normalized spacial score (nSPS) is 9.07. The molecule has 0 saturated heterocycles. The molecule has 43 heavy (non-hydrogen) atoms. The first-order chi connectivity index (χ1) is 19.8. The summed E-state index contributed by atoms with van der Waals surface area (Å²) < 4.78 is 0. The molecule has 0 aromatic heterocycles. The van der Waals surface area contributed by atoms with Crippen LogP contribution in [0, 0.1) is 26.7 Å².